The van der Waals surface area contributed by atoms with Gasteiger partial charge in [-0.2, -0.15) is 0 Å². The smallest absolute Gasteiger partial charge is 0.254 e. The minimum atomic E-state index is 0.0795. The Morgan fingerprint density at radius 3 is 2.59 bits per heavy atom. The Morgan fingerprint density at radius 2 is 2.05 bits per heavy atom. The highest BCUT2D eigenvalue weighted by Gasteiger charge is 2.34. The molecule has 0 saturated heterocycles. The molecular weight excluding hydrogens is 278 g/mol. The second-order valence-electron chi connectivity index (χ2n) is 6.10. The van der Waals surface area contributed by atoms with Crippen LogP contribution in [0.15, 0.2) is 18.2 Å². The Hall–Kier alpha value is -1.71. The third kappa shape index (κ3) is 3.93. The van der Waals surface area contributed by atoms with Gasteiger partial charge in [-0.1, -0.05) is 13.3 Å². The van der Waals surface area contributed by atoms with Crippen LogP contribution in [-0.2, 0) is 0 Å². The molecule has 0 heterocycles. The van der Waals surface area contributed by atoms with Crippen molar-refractivity contribution >= 4 is 5.91 Å². The van der Waals surface area contributed by atoms with Crippen LogP contribution in [-0.4, -0.2) is 36.6 Å². The van der Waals surface area contributed by atoms with Crippen molar-refractivity contribution in [3.63, 3.8) is 0 Å². The van der Waals surface area contributed by atoms with Crippen LogP contribution in [0.2, 0.25) is 0 Å². The van der Waals surface area contributed by atoms with Crippen molar-refractivity contribution < 1.29 is 14.3 Å². The summed E-state index contributed by atoms with van der Waals surface area (Å²) in [4.78, 5) is 14.7. The number of benzene rings is 1. The molecule has 0 unspecified atom stereocenters. The summed E-state index contributed by atoms with van der Waals surface area (Å²) in [6.45, 7) is 6.92. The van der Waals surface area contributed by atoms with Crippen LogP contribution in [0.4, 0.5) is 0 Å². The van der Waals surface area contributed by atoms with Gasteiger partial charge in [-0.25, -0.2) is 0 Å². The van der Waals surface area contributed by atoms with E-state index in [0.717, 1.165) is 25.7 Å². The number of nitrogens with zero attached hydrogens (tertiary/aromatic N) is 1. The lowest BCUT2D eigenvalue weighted by Gasteiger charge is -2.27. The SMILES string of the molecule is CCCCOc1ccc(C(=O)N(C(C)C)C2CC2)cc1OC. The molecule has 0 bridgehead atoms. The van der Waals surface area contributed by atoms with E-state index in [1.54, 1.807) is 13.2 Å². The average molecular weight is 305 g/mol. The molecule has 0 aromatic heterocycles. The zero-order valence-electron chi connectivity index (χ0n) is 14.1. The Labute approximate surface area is 133 Å². The third-order valence-electron chi connectivity index (χ3n) is 3.90. The molecule has 0 spiro atoms. The van der Waals surface area contributed by atoms with Gasteiger partial charge in [0.25, 0.3) is 5.91 Å². The molecule has 22 heavy (non-hydrogen) atoms. The number of hydrogen-bond acceptors (Lipinski definition) is 3. The molecule has 1 fully saturated rings. The van der Waals surface area contributed by atoms with Gasteiger partial charge in [0.2, 0.25) is 0 Å². The van der Waals surface area contributed by atoms with E-state index in [2.05, 4.69) is 20.8 Å². The van der Waals surface area contributed by atoms with E-state index in [0.29, 0.717) is 29.7 Å². The van der Waals surface area contributed by atoms with Crippen molar-refractivity contribution in [2.75, 3.05) is 13.7 Å². The van der Waals surface area contributed by atoms with Crippen molar-refractivity contribution in [3.05, 3.63) is 23.8 Å². The van der Waals surface area contributed by atoms with Gasteiger partial charge < -0.3 is 14.4 Å². The number of carbonyl (C=O) groups excluding carboxylic acids is 1. The Balaban J connectivity index is 2.15. The highest BCUT2D eigenvalue weighted by atomic mass is 16.5. The van der Waals surface area contributed by atoms with Gasteiger partial charge in [0.1, 0.15) is 0 Å². The molecule has 0 atom stereocenters. The summed E-state index contributed by atoms with van der Waals surface area (Å²) in [5, 5.41) is 0. The van der Waals surface area contributed by atoms with Crippen molar-refractivity contribution in [3.8, 4) is 11.5 Å². The third-order valence-corrected chi connectivity index (χ3v) is 3.90. The summed E-state index contributed by atoms with van der Waals surface area (Å²) >= 11 is 0. The Bertz CT molecular complexity index is 507. The summed E-state index contributed by atoms with van der Waals surface area (Å²) < 4.78 is 11.1. The average Bonchev–Trinajstić information content (AvgIpc) is 3.32. The molecule has 1 aromatic rings. The van der Waals surface area contributed by atoms with E-state index in [4.69, 9.17) is 9.47 Å². The maximum absolute atomic E-state index is 12.7. The van der Waals surface area contributed by atoms with E-state index >= 15 is 0 Å². The van der Waals surface area contributed by atoms with Crippen LogP contribution in [0.5, 0.6) is 11.5 Å². The highest BCUT2D eigenvalue weighted by Crippen LogP contribution is 2.33. The normalized spacial score (nSPS) is 14.0. The number of rotatable bonds is 8. The minimum Gasteiger partial charge on any atom is -0.493 e. The molecule has 4 heteroatoms. The summed E-state index contributed by atoms with van der Waals surface area (Å²) in [5.74, 6) is 1.41. The summed E-state index contributed by atoms with van der Waals surface area (Å²) in [6.07, 6.45) is 4.31. The standard InChI is InChI=1S/C18H27NO3/c1-5-6-11-22-16-10-7-14(12-17(16)21-4)18(20)19(13(2)3)15-8-9-15/h7,10,12-13,15H,5-6,8-9,11H2,1-4H3. The number of carbonyl (C=O) groups is 1. The maximum atomic E-state index is 12.7. The lowest BCUT2D eigenvalue weighted by molar-refractivity contribution is 0.0690. The van der Waals surface area contributed by atoms with Crippen LogP contribution in [0.25, 0.3) is 0 Å². The number of unbranched alkanes of at least 4 members (excludes halogenated alkanes) is 1. The van der Waals surface area contributed by atoms with E-state index in [1.807, 2.05) is 17.0 Å². The van der Waals surface area contributed by atoms with E-state index in [-0.39, 0.29) is 11.9 Å². The molecule has 0 aliphatic heterocycles. The second-order valence-corrected chi connectivity index (χ2v) is 6.10. The molecule has 0 radical (unpaired) electrons. The van der Waals surface area contributed by atoms with Crippen molar-refractivity contribution in [1.82, 2.24) is 4.90 Å². The molecular formula is C18H27NO3. The predicted molar refractivity (Wildman–Crippen MR) is 87.7 cm³/mol. The van der Waals surface area contributed by atoms with E-state index in [9.17, 15) is 4.79 Å². The van der Waals surface area contributed by atoms with Crippen LogP contribution >= 0.6 is 0 Å². The van der Waals surface area contributed by atoms with Gasteiger partial charge in [-0.05, 0) is 51.3 Å². The predicted octanol–water partition coefficient (Wildman–Crippen LogP) is 3.89. The lowest BCUT2D eigenvalue weighted by Crippen LogP contribution is -2.38. The molecule has 0 N–H and O–H groups in total. The molecule has 122 valence electrons. The van der Waals surface area contributed by atoms with Gasteiger partial charge in [-0.3, -0.25) is 4.79 Å². The first-order chi connectivity index (χ1) is 10.6. The Morgan fingerprint density at radius 1 is 1.32 bits per heavy atom. The number of ether oxygens (including phenoxy) is 2. The lowest BCUT2D eigenvalue weighted by atomic mass is 10.1. The fourth-order valence-corrected chi connectivity index (χ4v) is 2.57. The minimum absolute atomic E-state index is 0.0795. The first-order valence-corrected chi connectivity index (χ1v) is 8.22. The second kappa shape index (κ2) is 7.52. The largest absolute Gasteiger partial charge is 0.493 e. The first-order valence-electron chi connectivity index (χ1n) is 8.22. The zero-order valence-corrected chi connectivity index (χ0v) is 14.1. The molecule has 2 rings (SSSR count). The highest BCUT2D eigenvalue weighted by molar-refractivity contribution is 5.95. The molecule has 1 aliphatic carbocycles. The van der Waals surface area contributed by atoms with Gasteiger partial charge in [-0.15, -0.1) is 0 Å². The number of amides is 1. The van der Waals surface area contributed by atoms with E-state index < -0.39 is 0 Å². The van der Waals surface area contributed by atoms with Crippen molar-refractivity contribution in [2.45, 2.75) is 58.5 Å². The molecule has 1 saturated carbocycles. The van der Waals surface area contributed by atoms with Crippen molar-refractivity contribution in [2.24, 2.45) is 0 Å². The fraction of sp³-hybridized carbons (Fsp3) is 0.611. The van der Waals surface area contributed by atoms with Crippen LogP contribution in [0.1, 0.15) is 56.8 Å². The van der Waals surface area contributed by atoms with Crippen LogP contribution in [0.3, 0.4) is 0 Å². The number of hydrogen-bond donors (Lipinski definition) is 0. The van der Waals surface area contributed by atoms with Gasteiger partial charge >= 0.3 is 0 Å². The molecule has 1 aliphatic rings. The van der Waals surface area contributed by atoms with Gasteiger partial charge in [0, 0.05) is 17.6 Å². The quantitative estimate of drug-likeness (QED) is 0.684. The monoisotopic (exact) mass is 305 g/mol. The topological polar surface area (TPSA) is 38.8 Å². The summed E-state index contributed by atoms with van der Waals surface area (Å²) in [6, 6.07) is 6.09. The molecule has 1 aromatic carbocycles. The van der Waals surface area contributed by atoms with Crippen LogP contribution < -0.4 is 9.47 Å². The van der Waals surface area contributed by atoms with Gasteiger partial charge in [0.05, 0.1) is 13.7 Å². The first kappa shape index (κ1) is 16.7. The Kier molecular flexibility index (Phi) is 5.69. The van der Waals surface area contributed by atoms with Crippen LogP contribution in [0, 0.1) is 0 Å². The summed E-state index contributed by atoms with van der Waals surface area (Å²) in [5.41, 5.74) is 0.667. The summed E-state index contributed by atoms with van der Waals surface area (Å²) in [7, 11) is 1.61. The number of methoxy groups -OCH3 is 1. The fourth-order valence-electron chi connectivity index (χ4n) is 2.57. The maximum Gasteiger partial charge on any atom is 0.254 e. The zero-order chi connectivity index (χ0) is 16.1. The van der Waals surface area contributed by atoms with E-state index in [1.165, 1.54) is 0 Å². The van der Waals surface area contributed by atoms with Gasteiger partial charge in [0.15, 0.2) is 11.5 Å². The molecule has 4 nitrogen and oxygen atoms in total. The van der Waals surface area contributed by atoms with Crippen molar-refractivity contribution in [1.29, 1.82) is 0 Å². The molecule has 1 amide bonds.